The van der Waals surface area contributed by atoms with Crippen LogP contribution in [0.3, 0.4) is 0 Å². The Labute approximate surface area is 193 Å². The van der Waals surface area contributed by atoms with Crippen molar-refractivity contribution in [3.8, 4) is 0 Å². The Morgan fingerprint density at radius 2 is 1.12 bits per heavy atom. The van der Waals surface area contributed by atoms with E-state index in [0.29, 0.717) is 0 Å². The van der Waals surface area contributed by atoms with Crippen LogP contribution in [0.5, 0.6) is 0 Å². The van der Waals surface area contributed by atoms with Crippen LogP contribution in [0.25, 0.3) is 21.5 Å². The van der Waals surface area contributed by atoms with Crippen molar-refractivity contribution in [1.29, 1.82) is 0 Å². The highest BCUT2D eigenvalue weighted by Gasteiger charge is 2.31. The summed E-state index contributed by atoms with van der Waals surface area (Å²) in [6.45, 7) is 9.10. The lowest BCUT2D eigenvalue weighted by Gasteiger charge is -2.36. The van der Waals surface area contributed by atoms with E-state index in [-0.39, 0.29) is 10.8 Å². The molecule has 0 radical (unpaired) electrons. The van der Waals surface area contributed by atoms with E-state index in [0.717, 1.165) is 0 Å². The molecule has 0 unspecified atom stereocenters. The normalized spacial score (nSPS) is 17.9. The van der Waals surface area contributed by atoms with Crippen LogP contribution in [0, 0.1) is 0 Å². The average molecular weight is 419 g/mol. The summed E-state index contributed by atoms with van der Waals surface area (Å²) < 4.78 is 0. The molecule has 0 amide bonds. The minimum absolute atomic E-state index is 0.187. The summed E-state index contributed by atoms with van der Waals surface area (Å²) in [5, 5.41) is 5.64. The van der Waals surface area contributed by atoms with Crippen LogP contribution in [0.4, 0.5) is 0 Å². The third-order valence-electron chi connectivity index (χ3n) is 7.49. The monoisotopic (exact) mass is 418 g/mol. The van der Waals surface area contributed by atoms with E-state index in [1.807, 2.05) is 0 Å². The van der Waals surface area contributed by atoms with Gasteiger partial charge < -0.3 is 0 Å². The summed E-state index contributed by atoms with van der Waals surface area (Å²) in [6.07, 6.45) is 9.87. The maximum atomic E-state index is 2.35. The van der Waals surface area contributed by atoms with Gasteiger partial charge in [0.05, 0.1) is 0 Å². The van der Waals surface area contributed by atoms with Gasteiger partial charge in [-0.15, -0.1) is 0 Å². The fraction of sp³-hybridized carbons (Fsp3) is 0.312. The van der Waals surface area contributed by atoms with E-state index >= 15 is 0 Å². The molecule has 0 fully saturated rings. The van der Waals surface area contributed by atoms with Gasteiger partial charge in [0.1, 0.15) is 0 Å². The van der Waals surface area contributed by atoms with Crippen LogP contribution in [0.1, 0.15) is 62.8 Å². The van der Waals surface area contributed by atoms with Crippen molar-refractivity contribution < 1.29 is 0 Å². The molecule has 4 aromatic carbocycles. The summed E-state index contributed by atoms with van der Waals surface area (Å²) in [6, 6.07) is 26.7. The molecule has 2 aliphatic rings. The molecule has 0 aliphatic heterocycles. The molecule has 0 saturated carbocycles. The second-order valence-electron chi connectivity index (χ2n) is 10.6. The standard InChI is InChI=1S/C18H16.C14H18/c1-3-7-15-13(5-1)9-11-18-16-8-4-2-6-14(16)10-12-17(15)18;1-13(2)9-10-14(3,4)12-8-6-5-7-11(12)13/h1,3,5,7,9-12H,2,4,6,8H2;5-10H,1-4H3. The van der Waals surface area contributed by atoms with E-state index in [1.54, 1.807) is 11.1 Å². The number of benzene rings is 4. The Morgan fingerprint density at radius 1 is 0.531 bits per heavy atom. The fourth-order valence-corrected chi connectivity index (χ4v) is 5.55. The van der Waals surface area contributed by atoms with E-state index in [1.165, 1.54) is 58.4 Å². The van der Waals surface area contributed by atoms with E-state index in [2.05, 4.69) is 113 Å². The molecule has 2 aliphatic carbocycles. The Morgan fingerprint density at radius 3 is 1.84 bits per heavy atom. The molecule has 0 bridgehead atoms. The zero-order valence-electron chi connectivity index (χ0n) is 19.9. The van der Waals surface area contributed by atoms with Gasteiger partial charge in [-0.05, 0) is 69.5 Å². The highest BCUT2D eigenvalue weighted by molar-refractivity contribution is 6.08. The minimum Gasteiger partial charge on any atom is -0.0776 e. The molecule has 0 aromatic heterocycles. The van der Waals surface area contributed by atoms with Crippen molar-refractivity contribution in [1.82, 2.24) is 0 Å². The second-order valence-corrected chi connectivity index (χ2v) is 10.6. The van der Waals surface area contributed by atoms with Crippen molar-refractivity contribution >= 4 is 21.5 Å². The maximum absolute atomic E-state index is 2.35. The molecule has 4 aromatic rings. The highest BCUT2D eigenvalue weighted by atomic mass is 14.4. The van der Waals surface area contributed by atoms with Crippen molar-refractivity contribution in [3.63, 3.8) is 0 Å². The van der Waals surface area contributed by atoms with Crippen LogP contribution >= 0.6 is 0 Å². The predicted octanol–water partition coefficient (Wildman–Crippen LogP) is 8.68. The molecule has 0 N–H and O–H groups in total. The lowest BCUT2D eigenvalue weighted by Crippen LogP contribution is -2.28. The molecular formula is C32H34. The third kappa shape index (κ3) is 3.66. The lowest BCUT2D eigenvalue weighted by atomic mass is 9.68. The summed E-state index contributed by atoms with van der Waals surface area (Å²) >= 11 is 0. The van der Waals surface area contributed by atoms with Crippen LogP contribution < -0.4 is 0 Å². The van der Waals surface area contributed by atoms with Crippen LogP contribution in [0.2, 0.25) is 0 Å². The highest BCUT2D eigenvalue weighted by Crippen LogP contribution is 2.40. The van der Waals surface area contributed by atoms with Crippen molar-refractivity contribution in [3.05, 3.63) is 107 Å². The van der Waals surface area contributed by atoms with Gasteiger partial charge in [0, 0.05) is 10.8 Å². The van der Waals surface area contributed by atoms with Gasteiger partial charge in [0.15, 0.2) is 0 Å². The molecule has 6 rings (SSSR count). The molecule has 0 spiro atoms. The largest absolute Gasteiger partial charge is 0.0776 e. The van der Waals surface area contributed by atoms with E-state index in [4.69, 9.17) is 0 Å². The molecule has 162 valence electrons. The van der Waals surface area contributed by atoms with Crippen molar-refractivity contribution in [2.75, 3.05) is 0 Å². The molecule has 32 heavy (non-hydrogen) atoms. The maximum Gasteiger partial charge on any atom is 0.00786 e. The van der Waals surface area contributed by atoms with Gasteiger partial charge in [-0.25, -0.2) is 0 Å². The molecule has 0 nitrogen and oxygen atoms in total. The van der Waals surface area contributed by atoms with Crippen LogP contribution in [0.15, 0.2) is 84.9 Å². The smallest absolute Gasteiger partial charge is 0.00786 e. The Hall–Kier alpha value is -2.86. The first-order chi connectivity index (χ1) is 15.4. The third-order valence-corrected chi connectivity index (χ3v) is 7.49. The number of hydrogen-bond donors (Lipinski definition) is 0. The zero-order chi connectivity index (χ0) is 22.3. The molecule has 0 heterocycles. The summed E-state index contributed by atoms with van der Waals surface area (Å²) in [5.74, 6) is 0. The van der Waals surface area contributed by atoms with Crippen LogP contribution in [-0.2, 0) is 23.7 Å². The van der Waals surface area contributed by atoms with Gasteiger partial charge in [-0.2, -0.15) is 0 Å². The van der Waals surface area contributed by atoms with Crippen LogP contribution in [-0.4, -0.2) is 0 Å². The predicted molar refractivity (Wildman–Crippen MR) is 140 cm³/mol. The molecule has 0 saturated heterocycles. The first-order valence-corrected chi connectivity index (χ1v) is 12.1. The number of rotatable bonds is 0. The number of aryl methyl sites for hydroxylation is 2. The Bertz CT molecular complexity index is 1280. The molecular weight excluding hydrogens is 384 g/mol. The summed E-state index contributed by atoms with van der Waals surface area (Å²) in [5.41, 5.74) is 6.48. The SMILES string of the molecule is CC1(C)C=CC(C)(C)c2ccccc21.c1ccc2c(c1)ccc1c3c(ccc12)CCCC3. The minimum atomic E-state index is 0.187. The quantitative estimate of drug-likeness (QED) is 0.198. The Balaban J connectivity index is 0.000000140. The fourth-order valence-electron chi connectivity index (χ4n) is 5.55. The first-order valence-electron chi connectivity index (χ1n) is 12.1. The number of hydrogen-bond acceptors (Lipinski definition) is 0. The van der Waals surface area contributed by atoms with Gasteiger partial charge in [-0.3, -0.25) is 0 Å². The van der Waals surface area contributed by atoms with Crippen molar-refractivity contribution in [2.45, 2.75) is 64.2 Å². The second kappa shape index (κ2) is 7.93. The van der Waals surface area contributed by atoms with Gasteiger partial charge in [-0.1, -0.05) is 113 Å². The Kier molecular flexibility index (Phi) is 5.20. The zero-order valence-corrected chi connectivity index (χ0v) is 19.9. The van der Waals surface area contributed by atoms with Gasteiger partial charge in [0.2, 0.25) is 0 Å². The van der Waals surface area contributed by atoms with Crippen molar-refractivity contribution in [2.24, 2.45) is 0 Å². The summed E-state index contributed by atoms with van der Waals surface area (Å²) in [7, 11) is 0. The average Bonchev–Trinajstić information content (AvgIpc) is 2.82. The topological polar surface area (TPSA) is 0 Å². The first kappa shape index (κ1) is 21.0. The molecule has 0 heteroatoms. The number of allylic oxidation sites excluding steroid dienone is 2. The number of fused-ring (bicyclic) bond motifs is 6. The van der Waals surface area contributed by atoms with E-state index in [9.17, 15) is 0 Å². The van der Waals surface area contributed by atoms with Gasteiger partial charge >= 0.3 is 0 Å². The molecule has 0 atom stereocenters. The summed E-state index contributed by atoms with van der Waals surface area (Å²) in [4.78, 5) is 0. The van der Waals surface area contributed by atoms with E-state index < -0.39 is 0 Å². The van der Waals surface area contributed by atoms with Gasteiger partial charge in [0.25, 0.3) is 0 Å². The lowest BCUT2D eigenvalue weighted by molar-refractivity contribution is 0.563.